The number of carbonyl (C=O) groups is 1. The first-order valence-corrected chi connectivity index (χ1v) is 7.59. The Balaban J connectivity index is 1.81. The van der Waals surface area contributed by atoms with Crippen LogP contribution in [0.2, 0.25) is 0 Å². The summed E-state index contributed by atoms with van der Waals surface area (Å²) in [6.45, 7) is 0. The molecule has 3 aromatic rings. The molecule has 4 nitrogen and oxygen atoms in total. The number of nitrogens with zero attached hydrogens (tertiary/aromatic N) is 2. The molecule has 1 aliphatic rings. The van der Waals surface area contributed by atoms with Crippen LogP contribution in [0.3, 0.4) is 0 Å². The van der Waals surface area contributed by atoms with Gasteiger partial charge in [-0.15, -0.1) is 0 Å². The number of anilines is 2. The molecule has 5 heteroatoms. The van der Waals surface area contributed by atoms with Gasteiger partial charge in [-0.2, -0.15) is 0 Å². The number of hydrogen-bond donors (Lipinski definition) is 1. The van der Waals surface area contributed by atoms with Gasteiger partial charge in [-0.25, -0.2) is 4.39 Å². The summed E-state index contributed by atoms with van der Waals surface area (Å²) >= 11 is 0. The minimum absolute atomic E-state index is 0.132. The Morgan fingerprint density at radius 1 is 1.00 bits per heavy atom. The molecule has 0 fully saturated rings. The topological polar surface area (TPSA) is 45.2 Å². The number of carbonyl (C=O) groups excluding carboxylic acids is 1. The fourth-order valence-electron chi connectivity index (χ4n) is 2.95. The summed E-state index contributed by atoms with van der Waals surface area (Å²) < 4.78 is 14.1. The van der Waals surface area contributed by atoms with Crippen molar-refractivity contribution in [2.24, 2.45) is 0 Å². The van der Waals surface area contributed by atoms with Gasteiger partial charge in [0.2, 0.25) is 0 Å². The highest BCUT2D eigenvalue weighted by molar-refractivity contribution is 6.11. The number of fused-ring (bicyclic) bond motifs is 1. The van der Waals surface area contributed by atoms with Crippen molar-refractivity contribution in [3.05, 3.63) is 90.0 Å². The molecule has 0 aliphatic carbocycles. The Labute approximate surface area is 138 Å². The predicted octanol–water partition coefficient (Wildman–Crippen LogP) is 3.99. The number of nitrogens with one attached hydrogen (secondary N) is 1. The highest BCUT2D eigenvalue weighted by Crippen LogP contribution is 2.37. The van der Waals surface area contributed by atoms with Crippen molar-refractivity contribution in [3.63, 3.8) is 0 Å². The highest BCUT2D eigenvalue weighted by Gasteiger charge is 2.37. The van der Waals surface area contributed by atoms with Gasteiger partial charge in [0.1, 0.15) is 12.0 Å². The van der Waals surface area contributed by atoms with Crippen LogP contribution < -0.4 is 10.2 Å². The Hall–Kier alpha value is -3.21. The molecule has 0 spiro atoms. The van der Waals surface area contributed by atoms with Gasteiger partial charge in [0.25, 0.3) is 5.91 Å². The normalized spacial score (nSPS) is 16.1. The molecular formula is C19H14FN3O. The standard InChI is InChI=1S/C19H14FN3O/c20-16-9-3-4-10-17(16)22-18-14-7-1-2-8-15(14)19(24)23(18)13-6-5-11-21-12-13/h1-12,18,22H/t18-/m1/s1. The van der Waals surface area contributed by atoms with E-state index in [1.165, 1.54) is 6.07 Å². The van der Waals surface area contributed by atoms with E-state index in [4.69, 9.17) is 0 Å². The van der Waals surface area contributed by atoms with Gasteiger partial charge >= 0.3 is 0 Å². The number of rotatable bonds is 3. The van der Waals surface area contributed by atoms with E-state index < -0.39 is 6.17 Å². The van der Waals surface area contributed by atoms with Crippen LogP contribution in [0.4, 0.5) is 15.8 Å². The maximum atomic E-state index is 14.1. The number of halogens is 1. The molecule has 1 atom stereocenters. The number of para-hydroxylation sites is 1. The van der Waals surface area contributed by atoms with Gasteiger partial charge in [-0.3, -0.25) is 14.7 Å². The smallest absolute Gasteiger partial charge is 0.260 e. The lowest BCUT2D eigenvalue weighted by atomic mass is 10.1. The summed E-state index contributed by atoms with van der Waals surface area (Å²) in [4.78, 5) is 18.5. The van der Waals surface area contributed by atoms with Crippen molar-refractivity contribution in [1.29, 1.82) is 0 Å². The second kappa shape index (κ2) is 5.77. The Morgan fingerprint density at radius 3 is 2.58 bits per heavy atom. The summed E-state index contributed by atoms with van der Waals surface area (Å²) in [6, 6.07) is 17.4. The van der Waals surface area contributed by atoms with Crippen LogP contribution in [0.25, 0.3) is 0 Å². The minimum atomic E-state index is -0.491. The van der Waals surface area contributed by atoms with Crippen molar-refractivity contribution < 1.29 is 9.18 Å². The van der Waals surface area contributed by atoms with Crippen molar-refractivity contribution >= 4 is 17.3 Å². The Morgan fingerprint density at radius 2 is 1.79 bits per heavy atom. The molecule has 1 aliphatic heterocycles. The molecule has 0 saturated carbocycles. The van der Waals surface area contributed by atoms with Gasteiger partial charge in [0.15, 0.2) is 0 Å². The Bertz CT molecular complexity index is 898. The average Bonchev–Trinajstić information content (AvgIpc) is 2.90. The molecule has 0 unspecified atom stereocenters. The number of aromatic nitrogens is 1. The fraction of sp³-hybridized carbons (Fsp3) is 0.0526. The lowest BCUT2D eigenvalue weighted by Crippen LogP contribution is -2.32. The number of amides is 1. The predicted molar refractivity (Wildman–Crippen MR) is 90.3 cm³/mol. The summed E-state index contributed by atoms with van der Waals surface area (Å²) in [5, 5.41) is 3.15. The quantitative estimate of drug-likeness (QED) is 0.794. The summed E-state index contributed by atoms with van der Waals surface area (Å²) in [6.07, 6.45) is 2.78. The van der Waals surface area contributed by atoms with Gasteiger partial charge in [-0.1, -0.05) is 30.3 Å². The summed E-state index contributed by atoms with van der Waals surface area (Å²) in [7, 11) is 0. The van der Waals surface area contributed by atoms with E-state index in [-0.39, 0.29) is 11.7 Å². The number of pyridine rings is 1. The molecular weight excluding hydrogens is 305 g/mol. The molecule has 0 bridgehead atoms. The van der Waals surface area contributed by atoms with Crippen molar-refractivity contribution in [1.82, 2.24) is 4.98 Å². The first kappa shape index (κ1) is 14.4. The van der Waals surface area contributed by atoms with Crippen LogP contribution >= 0.6 is 0 Å². The molecule has 118 valence electrons. The third-order valence-corrected chi connectivity index (χ3v) is 4.05. The fourth-order valence-corrected chi connectivity index (χ4v) is 2.95. The SMILES string of the molecule is O=C1c2ccccc2[C@H](Nc2ccccc2F)N1c1cccnc1. The first-order chi connectivity index (χ1) is 11.8. The summed E-state index contributed by atoms with van der Waals surface area (Å²) in [5.41, 5.74) is 2.43. The monoisotopic (exact) mass is 319 g/mol. The van der Waals surface area contributed by atoms with E-state index in [0.717, 1.165) is 5.56 Å². The van der Waals surface area contributed by atoms with Crippen LogP contribution in [-0.4, -0.2) is 10.9 Å². The third-order valence-electron chi connectivity index (χ3n) is 4.05. The highest BCUT2D eigenvalue weighted by atomic mass is 19.1. The third kappa shape index (κ3) is 2.31. The van der Waals surface area contributed by atoms with Gasteiger partial charge in [0.05, 0.1) is 17.6 Å². The van der Waals surface area contributed by atoms with Crippen molar-refractivity contribution in [3.8, 4) is 0 Å². The molecule has 1 amide bonds. The van der Waals surface area contributed by atoms with E-state index in [0.29, 0.717) is 16.9 Å². The van der Waals surface area contributed by atoms with Crippen LogP contribution in [0.1, 0.15) is 22.1 Å². The number of benzene rings is 2. The second-order valence-corrected chi connectivity index (χ2v) is 5.50. The number of hydrogen-bond acceptors (Lipinski definition) is 3. The maximum Gasteiger partial charge on any atom is 0.260 e. The van der Waals surface area contributed by atoms with Crippen LogP contribution in [0, 0.1) is 5.82 Å². The zero-order chi connectivity index (χ0) is 16.5. The minimum Gasteiger partial charge on any atom is -0.359 e. The molecule has 0 radical (unpaired) electrons. The van der Waals surface area contributed by atoms with Crippen LogP contribution in [0.5, 0.6) is 0 Å². The van der Waals surface area contributed by atoms with E-state index in [9.17, 15) is 9.18 Å². The average molecular weight is 319 g/mol. The van der Waals surface area contributed by atoms with E-state index >= 15 is 0 Å². The Kier molecular flexibility index (Phi) is 3.46. The molecule has 0 saturated heterocycles. The lowest BCUT2D eigenvalue weighted by molar-refractivity contribution is 0.0993. The molecule has 24 heavy (non-hydrogen) atoms. The van der Waals surface area contributed by atoms with E-state index in [1.807, 2.05) is 24.3 Å². The van der Waals surface area contributed by atoms with Crippen LogP contribution in [-0.2, 0) is 0 Å². The van der Waals surface area contributed by atoms with E-state index in [1.54, 1.807) is 47.6 Å². The van der Waals surface area contributed by atoms with Crippen molar-refractivity contribution in [2.45, 2.75) is 6.17 Å². The lowest BCUT2D eigenvalue weighted by Gasteiger charge is -2.27. The molecule has 1 N–H and O–H groups in total. The van der Waals surface area contributed by atoms with Gasteiger partial charge < -0.3 is 5.32 Å². The largest absolute Gasteiger partial charge is 0.359 e. The second-order valence-electron chi connectivity index (χ2n) is 5.50. The molecule has 2 aromatic carbocycles. The van der Waals surface area contributed by atoms with Crippen LogP contribution in [0.15, 0.2) is 73.1 Å². The zero-order valence-electron chi connectivity index (χ0n) is 12.7. The molecule has 1 aromatic heterocycles. The molecule has 4 rings (SSSR count). The van der Waals surface area contributed by atoms with Gasteiger partial charge in [-0.05, 0) is 30.3 Å². The maximum absolute atomic E-state index is 14.1. The van der Waals surface area contributed by atoms with Crippen molar-refractivity contribution in [2.75, 3.05) is 10.2 Å². The van der Waals surface area contributed by atoms with E-state index in [2.05, 4.69) is 10.3 Å². The summed E-state index contributed by atoms with van der Waals surface area (Å²) in [5.74, 6) is -0.493. The molecule has 2 heterocycles. The first-order valence-electron chi connectivity index (χ1n) is 7.59. The zero-order valence-corrected chi connectivity index (χ0v) is 12.7. The van der Waals surface area contributed by atoms with Gasteiger partial charge in [0, 0.05) is 17.3 Å².